The van der Waals surface area contributed by atoms with Gasteiger partial charge in [-0.3, -0.25) is 29.0 Å². The summed E-state index contributed by atoms with van der Waals surface area (Å²) < 4.78 is 0. The molecule has 0 unspecified atom stereocenters. The van der Waals surface area contributed by atoms with Crippen LogP contribution in [0.4, 0.5) is 11.4 Å². The van der Waals surface area contributed by atoms with Gasteiger partial charge in [0.2, 0.25) is 23.6 Å². The van der Waals surface area contributed by atoms with E-state index in [1.807, 2.05) is 0 Å². The summed E-state index contributed by atoms with van der Waals surface area (Å²) in [6, 6.07) is 6.04. The van der Waals surface area contributed by atoms with Crippen molar-refractivity contribution in [3.8, 4) is 0 Å². The molecule has 0 bridgehead atoms. The van der Waals surface area contributed by atoms with Crippen molar-refractivity contribution < 1.29 is 19.2 Å². The van der Waals surface area contributed by atoms with Crippen molar-refractivity contribution in [1.29, 1.82) is 0 Å². The Kier molecular flexibility index (Phi) is 4.74. The fraction of sp³-hybridized carbons (Fsp3) is 0.286. The summed E-state index contributed by atoms with van der Waals surface area (Å²) >= 11 is 0. The molecule has 0 saturated heterocycles. The molecule has 0 fully saturated rings. The number of carbonyl (C=O) groups is 4. The molecule has 0 heterocycles. The number of nitrogens with zero attached hydrogens (tertiary/aromatic N) is 2. The Labute approximate surface area is 117 Å². The van der Waals surface area contributed by atoms with Crippen molar-refractivity contribution in [2.45, 2.75) is 27.7 Å². The van der Waals surface area contributed by atoms with Gasteiger partial charge in [0.25, 0.3) is 0 Å². The van der Waals surface area contributed by atoms with E-state index in [2.05, 4.69) is 0 Å². The third kappa shape index (κ3) is 3.28. The van der Waals surface area contributed by atoms with E-state index in [0.29, 0.717) is 11.4 Å². The molecular weight excluding hydrogens is 260 g/mol. The highest BCUT2D eigenvalue weighted by Crippen LogP contribution is 2.21. The smallest absolute Gasteiger partial charge is 0.230 e. The minimum absolute atomic E-state index is 0.390. The van der Waals surface area contributed by atoms with Crippen LogP contribution in [0.15, 0.2) is 24.3 Å². The Morgan fingerprint density at radius 1 is 0.600 bits per heavy atom. The number of imide groups is 2. The Morgan fingerprint density at radius 3 is 0.950 bits per heavy atom. The highest BCUT2D eigenvalue weighted by molar-refractivity contribution is 6.14. The summed E-state index contributed by atoms with van der Waals surface area (Å²) in [6.45, 7) is 5.14. The molecule has 0 aromatic heterocycles. The van der Waals surface area contributed by atoms with Crippen LogP contribution in [-0.4, -0.2) is 23.6 Å². The van der Waals surface area contributed by atoms with Gasteiger partial charge in [-0.25, -0.2) is 0 Å². The van der Waals surface area contributed by atoms with Gasteiger partial charge in [0, 0.05) is 27.7 Å². The van der Waals surface area contributed by atoms with E-state index in [1.54, 1.807) is 0 Å². The fourth-order valence-corrected chi connectivity index (χ4v) is 1.92. The number of anilines is 2. The highest BCUT2D eigenvalue weighted by Gasteiger charge is 2.19. The second-order valence-electron chi connectivity index (χ2n) is 4.26. The van der Waals surface area contributed by atoms with Crippen LogP contribution < -0.4 is 9.80 Å². The minimum atomic E-state index is -0.403. The van der Waals surface area contributed by atoms with Crippen LogP contribution >= 0.6 is 0 Å². The van der Waals surface area contributed by atoms with Gasteiger partial charge in [-0.05, 0) is 24.3 Å². The average Bonchev–Trinajstić information content (AvgIpc) is 2.29. The van der Waals surface area contributed by atoms with E-state index < -0.39 is 23.6 Å². The molecule has 0 aliphatic heterocycles. The number of amides is 4. The zero-order chi connectivity index (χ0) is 15.4. The SMILES string of the molecule is CC(=O)N(C(C)=O)c1ccc(N(C(C)=O)C(C)=O)cc1. The lowest BCUT2D eigenvalue weighted by Crippen LogP contribution is -2.34. The first-order valence-electron chi connectivity index (χ1n) is 5.98. The van der Waals surface area contributed by atoms with Gasteiger partial charge in [0.1, 0.15) is 0 Å². The van der Waals surface area contributed by atoms with Crippen molar-refractivity contribution in [3.63, 3.8) is 0 Å². The Balaban J connectivity index is 3.16. The molecule has 20 heavy (non-hydrogen) atoms. The third-order valence-corrected chi connectivity index (χ3v) is 2.63. The summed E-state index contributed by atoms with van der Waals surface area (Å²) in [6.07, 6.45) is 0. The van der Waals surface area contributed by atoms with E-state index in [-0.39, 0.29) is 0 Å². The zero-order valence-electron chi connectivity index (χ0n) is 11.8. The van der Waals surface area contributed by atoms with Gasteiger partial charge in [-0.15, -0.1) is 0 Å². The number of benzene rings is 1. The van der Waals surface area contributed by atoms with Crippen LogP contribution in [0.1, 0.15) is 27.7 Å². The maximum Gasteiger partial charge on any atom is 0.230 e. The summed E-state index contributed by atoms with van der Waals surface area (Å²) in [5.41, 5.74) is 0.779. The molecule has 0 aliphatic carbocycles. The maximum atomic E-state index is 11.4. The van der Waals surface area contributed by atoms with E-state index in [0.717, 1.165) is 9.80 Å². The second-order valence-corrected chi connectivity index (χ2v) is 4.26. The molecule has 0 spiro atoms. The Bertz CT molecular complexity index is 484. The lowest BCUT2D eigenvalue weighted by molar-refractivity contribution is -0.125. The Hall–Kier alpha value is -2.50. The highest BCUT2D eigenvalue weighted by atomic mass is 16.2. The van der Waals surface area contributed by atoms with Crippen molar-refractivity contribution in [3.05, 3.63) is 24.3 Å². The molecule has 106 valence electrons. The third-order valence-electron chi connectivity index (χ3n) is 2.63. The first kappa shape index (κ1) is 15.6. The molecule has 4 amide bonds. The van der Waals surface area contributed by atoms with Gasteiger partial charge in [-0.1, -0.05) is 0 Å². The standard InChI is InChI=1S/C14H16N2O4/c1-9(17)15(10(2)18)13-5-7-14(8-6-13)16(11(3)19)12(4)20/h5-8H,1-4H3. The van der Waals surface area contributed by atoms with E-state index in [4.69, 9.17) is 0 Å². The Morgan fingerprint density at radius 2 is 0.800 bits per heavy atom. The zero-order valence-corrected chi connectivity index (χ0v) is 11.8. The van der Waals surface area contributed by atoms with E-state index in [1.165, 1.54) is 52.0 Å². The fourth-order valence-electron chi connectivity index (χ4n) is 1.92. The van der Waals surface area contributed by atoms with Crippen molar-refractivity contribution >= 4 is 35.0 Å². The molecule has 0 saturated carbocycles. The molecule has 1 aromatic rings. The van der Waals surface area contributed by atoms with Gasteiger partial charge >= 0.3 is 0 Å². The van der Waals surface area contributed by atoms with Crippen LogP contribution in [0.5, 0.6) is 0 Å². The lowest BCUT2D eigenvalue weighted by Gasteiger charge is -2.20. The molecule has 0 N–H and O–H groups in total. The normalized spacial score (nSPS) is 9.80. The van der Waals surface area contributed by atoms with Gasteiger partial charge in [-0.2, -0.15) is 0 Å². The number of carbonyl (C=O) groups excluding carboxylic acids is 4. The molecule has 0 aliphatic rings. The van der Waals surface area contributed by atoms with E-state index in [9.17, 15) is 19.2 Å². The molecule has 0 radical (unpaired) electrons. The largest absolute Gasteiger partial charge is 0.274 e. The summed E-state index contributed by atoms with van der Waals surface area (Å²) in [5, 5.41) is 0. The van der Waals surface area contributed by atoms with Crippen LogP contribution in [0.25, 0.3) is 0 Å². The average molecular weight is 276 g/mol. The first-order chi connectivity index (χ1) is 9.25. The molecule has 6 nitrogen and oxygen atoms in total. The summed E-state index contributed by atoms with van der Waals surface area (Å²) in [7, 11) is 0. The monoisotopic (exact) mass is 276 g/mol. The summed E-state index contributed by atoms with van der Waals surface area (Å²) in [4.78, 5) is 47.6. The van der Waals surface area contributed by atoms with Crippen molar-refractivity contribution in [2.24, 2.45) is 0 Å². The van der Waals surface area contributed by atoms with Gasteiger partial charge in [0.15, 0.2) is 0 Å². The number of hydrogen-bond donors (Lipinski definition) is 0. The number of rotatable bonds is 2. The minimum Gasteiger partial charge on any atom is -0.274 e. The molecule has 1 aromatic carbocycles. The van der Waals surface area contributed by atoms with Gasteiger partial charge in [0.05, 0.1) is 11.4 Å². The molecular formula is C14H16N2O4. The summed E-state index contributed by atoms with van der Waals surface area (Å²) in [5.74, 6) is -1.61. The van der Waals surface area contributed by atoms with Crippen LogP contribution in [0, 0.1) is 0 Å². The van der Waals surface area contributed by atoms with Crippen LogP contribution in [-0.2, 0) is 19.2 Å². The van der Waals surface area contributed by atoms with Crippen LogP contribution in [0.3, 0.4) is 0 Å². The number of hydrogen-bond acceptors (Lipinski definition) is 4. The first-order valence-corrected chi connectivity index (χ1v) is 5.98. The van der Waals surface area contributed by atoms with Crippen LogP contribution in [0.2, 0.25) is 0 Å². The lowest BCUT2D eigenvalue weighted by atomic mass is 10.2. The van der Waals surface area contributed by atoms with Gasteiger partial charge < -0.3 is 0 Å². The van der Waals surface area contributed by atoms with E-state index >= 15 is 0 Å². The quantitative estimate of drug-likeness (QED) is 0.820. The topological polar surface area (TPSA) is 74.8 Å². The molecule has 6 heteroatoms. The maximum absolute atomic E-state index is 11.4. The van der Waals surface area contributed by atoms with Crippen molar-refractivity contribution in [2.75, 3.05) is 9.80 Å². The predicted molar refractivity (Wildman–Crippen MR) is 74.1 cm³/mol. The predicted octanol–water partition coefficient (Wildman–Crippen LogP) is 1.49. The second kappa shape index (κ2) is 6.10. The van der Waals surface area contributed by atoms with Crippen molar-refractivity contribution in [1.82, 2.24) is 0 Å². The molecule has 0 atom stereocenters. The molecule has 1 rings (SSSR count).